The van der Waals surface area contributed by atoms with Crippen molar-refractivity contribution in [2.75, 3.05) is 11.6 Å². The lowest BCUT2D eigenvalue weighted by molar-refractivity contribution is 0.0942. The molecule has 0 unspecified atom stereocenters. The Balaban J connectivity index is 1.77. The number of rotatable bonds is 6. The first-order valence-corrected chi connectivity index (χ1v) is 10.00. The van der Waals surface area contributed by atoms with Crippen LogP contribution in [-0.2, 0) is 7.05 Å². The van der Waals surface area contributed by atoms with Gasteiger partial charge in [-0.2, -0.15) is 0 Å². The van der Waals surface area contributed by atoms with Crippen molar-refractivity contribution in [3.8, 4) is 22.6 Å². The van der Waals surface area contributed by atoms with E-state index in [0.29, 0.717) is 17.9 Å². The van der Waals surface area contributed by atoms with Gasteiger partial charge in [-0.15, -0.1) is 0 Å². The number of nitrogens with one attached hydrogen (secondary N) is 1. The number of para-hydroxylation sites is 1. The number of hydrogen-bond acceptors (Lipinski definition) is 3. The lowest BCUT2D eigenvalue weighted by Crippen LogP contribution is -2.43. The minimum absolute atomic E-state index is 0.197. The Morgan fingerprint density at radius 3 is 1.97 bits per heavy atom. The van der Waals surface area contributed by atoms with Crippen LogP contribution < -0.4 is 10.4 Å². The molecule has 0 aliphatic heterocycles. The molecule has 30 heavy (non-hydrogen) atoms. The number of aromatic nitrogens is 2. The molecule has 4 rings (SSSR count). The number of nitrogens with zero attached hydrogens (tertiary/aromatic N) is 3. The molecule has 0 saturated carbocycles. The van der Waals surface area contributed by atoms with E-state index >= 15 is 0 Å². The molecule has 5 heteroatoms. The lowest BCUT2D eigenvalue weighted by atomic mass is 10.1. The van der Waals surface area contributed by atoms with E-state index in [1.54, 1.807) is 0 Å². The maximum Gasteiger partial charge on any atom is 0.288 e. The molecule has 0 saturated heterocycles. The summed E-state index contributed by atoms with van der Waals surface area (Å²) < 4.78 is 1.87. The van der Waals surface area contributed by atoms with E-state index in [4.69, 9.17) is 4.98 Å². The van der Waals surface area contributed by atoms with Crippen molar-refractivity contribution in [3.05, 3.63) is 96.7 Å². The second-order valence-electron chi connectivity index (χ2n) is 6.94. The Morgan fingerprint density at radius 1 is 0.867 bits per heavy atom. The molecule has 1 amide bonds. The number of carbonyl (C=O) groups excluding carboxylic acids is 1. The van der Waals surface area contributed by atoms with Gasteiger partial charge < -0.3 is 4.57 Å². The Morgan fingerprint density at radius 2 is 1.40 bits per heavy atom. The summed E-state index contributed by atoms with van der Waals surface area (Å²) in [7, 11) is 1.88. The molecule has 1 heterocycles. The van der Waals surface area contributed by atoms with Crippen LogP contribution in [0.5, 0.6) is 0 Å². The zero-order valence-corrected chi connectivity index (χ0v) is 17.1. The van der Waals surface area contributed by atoms with Crippen LogP contribution in [0.1, 0.15) is 17.4 Å². The van der Waals surface area contributed by atoms with Crippen molar-refractivity contribution in [3.63, 3.8) is 0 Å². The van der Waals surface area contributed by atoms with Crippen molar-refractivity contribution in [1.82, 2.24) is 15.0 Å². The number of benzene rings is 3. The first kappa shape index (κ1) is 19.5. The molecule has 1 N–H and O–H groups in total. The Kier molecular flexibility index (Phi) is 5.61. The Bertz CT molecular complexity index is 1120. The summed E-state index contributed by atoms with van der Waals surface area (Å²) in [5.74, 6) is 0.555. The second-order valence-corrected chi connectivity index (χ2v) is 6.94. The fraction of sp³-hybridized carbons (Fsp3) is 0.120. The molecule has 0 fully saturated rings. The minimum Gasteiger partial charge on any atom is -0.323 e. The third kappa shape index (κ3) is 3.82. The second kappa shape index (κ2) is 8.66. The largest absolute Gasteiger partial charge is 0.323 e. The highest BCUT2D eigenvalue weighted by atomic mass is 16.2. The number of hydrazine groups is 1. The smallest absolute Gasteiger partial charge is 0.288 e. The fourth-order valence-electron chi connectivity index (χ4n) is 3.51. The van der Waals surface area contributed by atoms with E-state index < -0.39 is 0 Å². The monoisotopic (exact) mass is 396 g/mol. The molecule has 4 aromatic rings. The Hall–Kier alpha value is -3.86. The summed E-state index contributed by atoms with van der Waals surface area (Å²) in [6, 6.07) is 29.5. The van der Waals surface area contributed by atoms with Gasteiger partial charge >= 0.3 is 0 Å². The van der Waals surface area contributed by atoms with Crippen molar-refractivity contribution in [2.24, 2.45) is 7.05 Å². The summed E-state index contributed by atoms with van der Waals surface area (Å²) in [4.78, 5) is 18.3. The van der Waals surface area contributed by atoms with E-state index in [0.717, 1.165) is 22.6 Å². The van der Waals surface area contributed by atoms with Gasteiger partial charge in [0.15, 0.2) is 0 Å². The van der Waals surface area contributed by atoms with Crippen LogP contribution >= 0.6 is 0 Å². The van der Waals surface area contributed by atoms with Crippen LogP contribution in [0.3, 0.4) is 0 Å². The first-order chi connectivity index (χ1) is 14.7. The molecular formula is C25H24N4O. The van der Waals surface area contributed by atoms with Crippen molar-refractivity contribution in [2.45, 2.75) is 6.92 Å². The first-order valence-electron chi connectivity index (χ1n) is 10.00. The van der Waals surface area contributed by atoms with Gasteiger partial charge in [-0.25, -0.2) is 4.98 Å². The van der Waals surface area contributed by atoms with Gasteiger partial charge in [0, 0.05) is 24.7 Å². The molecule has 3 aromatic carbocycles. The summed E-state index contributed by atoms with van der Waals surface area (Å²) in [6.07, 6.45) is 0. The van der Waals surface area contributed by atoms with Crippen LogP contribution in [0, 0.1) is 0 Å². The molecule has 5 nitrogen and oxygen atoms in total. The van der Waals surface area contributed by atoms with E-state index in [-0.39, 0.29) is 5.91 Å². The quantitative estimate of drug-likeness (QED) is 0.471. The number of hydrogen-bond donors (Lipinski definition) is 1. The summed E-state index contributed by atoms with van der Waals surface area (Å²) in [5, 5.41) is 1.84. The highest BCUT2D eigenvalue weighted by Gasteiger charge is 2.24. The minimum atomic E-state index is -0.197. The fourth-order valence-corrected chi connectivity index (χ4v) is 3.51. The van der Waals surface area contributed by atoms with E-state index in [1.807, 2.05) is 115 Å². The molecule has 0 aliphatic carbocycles. The van der Waals surface area contributed by atoms with Gasteiger partial charge in [-0.05, 0) is 19.1 Å². The molecule has 0 atom stereocenters. The molecule has 0 bridgehead atoms. The van der Waals surface area contributed by atoms with Crippen LogP contribution in [-0.4, -0.2) is 22.0 Å². The molecular weight excluding hydrogens is 372 g/mol. The number of anilines is 1. The maximum atomic E-state index is 13.4. The third-order valence-electron chi connectivity index (χ3n) is 5.01. The van der Waals surface area contributed by atoms with Crippen molar-refractivity contribution < 1.29 is 4.79 Å². The lowest BCUT2D eigenvalue weighted by Gasteiger charge is -2.24. The SMILES string of the molecule is CCN(NC(=O)c1c(-c2ccccc2)nc(-c2ccccc2)n1C)c1ccccc1. The number of imidazole rings is 1. The zero-order chi connectivity index (χ0) is 20.9. The number of amides is 1. The van der Waals surface area contributed by atoms with Crippen LogP contribution in [0.25, 0.3) is 22.6 Å². The highest BCUT2D eigenvalue weighted by Crippen LogP contribution is 2.28. The Labute approximate surface area is 176 Å². The third-order valence-corrected chi connectivity index (χ3v) is 5.01. The van der Waals surface area contributed by atoms with Gasteiger partial charge in [0.25, 0.3) is 5.91 Å². The average Bonchev–Trinajstić information content (AvgIpc) is 3.16. The van der Waals surface area contributed by atoms with Crippen molar-refractivity contribution >= 4 is 11.6 Å². The zero-order valence-electron chi connectivity index (χ0n) is 17.1. The van der Waals surface area contributed by atoms with E-state index in [1.165, 1.54) is 0 Å². The van der Waals surface area contributed by atoms with Gasteiger partial charge in [-0.1, -0.05) is 78.9 Å². The van der Waals surface area contributed by atoms with E-state index in [2.05, 4.69) is 5.43 Å². The van der Waals surface area contributed by atoms with Crippen LogP contribution in [0.2, 0.25) is 0 Å². The van der Waals surface area contributed by atoms with Crippen LogP contribution in [0.4, 0.5) is 5.69 Å². The topological polar surface area (TPSA) is 50.2 Å². The number of carbonyl (C=O) groups is 1. The highest BCUT2D eigenvalue weighted by molar-refractivity contribution is 6.00. The molecule has 150 valence electrons. The van der Waals surface area contributed by atoms with Crippen LogP contribution in [0.15, 0.2) is 91.0 Å². The average molecular weight is 396 g/mol. The molecule has 0 radical (unpaired) electrons. The predicted octanol–water partition coefficient (Wildman–Crippen LogP) is 4.93. The normalized spacial score (nSPS) is 10.6. The molecule has 1 aromatic heterocycles. The van der Waals surface area contributed by atoms with Gasteiger partial charge in [-0.3, -0.25) is 15.2 Å². The van der Waals surface area contributed by atoms with E-state index in [9.17, 15) is 4.79 Å². The summed E-state index contributed by atoms with van der Waals surface area (Å²) in [6.45, 7) is 2.64. The van der Waals surface area contributed by atoms with Gasteiger partial charge in [0.05, 0.1) is 5.69 Å². The van der Waals surface area contributed by atoms with Gasteiger partial charge in [0.1, 0.15) is 17.2 Å². The maximum absolute atomic E-state index is 13.4. The summed E-state index contributed by atoms with van der Waals surface area (Å²) >= 11 is 0. The molecule has 0 aliphatic rings. The standard InChI is InChI=1S/C25H24N4O/c1-3-29(21-17-11-6-12-18-21)27-25(30)23-22(19-13-7-4-8-14-19)26-24(28(23)2)20-15-9-5-10-16-20/h4-18H,3H2,1-2H3,(H,27,30). The molecule has 0 spiro atoms. The summed E-state index contributed by atoms with van der Waals surface area (Å²) in [5.41, 5.74) is 7.04. The predicted molar refractivity (Wildman–Crippen MR) is 121 cm³/mol. The van der Waals surface area contributed by atoms with Gasteiger partial charge in [0.2, 0.25) is 0 Å². The van der Waals surface area contributed by atoms with Crippen molar-refractivity contribution in [1.29, 1.82) is 0 Å².